The van der Waals surface area contributed by atoms with E-state index in [1.165, 1.54) is 17.8 Å². The van der Waals surface area contributed by atoms with Crippen LogP contribution in [0.15, 0.2) is 54.9 Å². The maximum absolute atomic E-state index is 13.5. The Balaban J connectivity index is 1.47. The Morgan fingerprint density at radius 2 is 1.68 bits per heavy atom. The van der Waals surface area contributed by atoms with Gasteiger partial charge in [0.1, 0.15) is 5.82 Å². The van der Waals surface area contributed by atoms with Crippen molar-refractivity contribution in [3.8, 4) is 22.4 Å². The highest BCUT2D eigenvalue weighted by molar-refractivity contribution is 7.53. The topological polar surface area (TPSA) is 67.5 Å². The second kappa shape index (κ2) is 11.4. The molecule has 1 fully saturated rings. The van der Waals surface area contributed by atoms with E-state index in [1.807, 2.05) is 38.1 Å². The Hall–Kier alpha value is -2.31. The Bertz CT molecular complexity index is 1090. The van der Waals surface area contributed by atoms with Gasteiger partial charge in [0.2, 0.25) is 0 Å². The molecule has 6 nitrogen and oxygen atoms in total. The number of piperidine rings is 1. The molecule has 1 aliphatic heterocycles. The van der Waals surface area contributed by atoms with Gasteiger partial charge in [0.25, 0.3) is 0 Å². The molecule has 34 heavy (non-hydrogen) atoms. The van der Waals surface area contributed by atoms with E-state index in [1.54, 1.807) is 12.4 Å². The molecule has 4 rings (SSSR count). The number of likely N-dealkylation sites (tertiary alicyclic amines) is 1. The van der Waals surface area contributed by atoms with Crippen LogP contribution in [-0.2, 0) is 13.6 Å². The van der Waals surface area contributed by atoms with Gasteiger partial charge in [-0.1, -0.05) is 0 Å². The van der Waals surface area contributed by atoms with Gasteiger partial charge in [-0.25, -0.2) is 4.39 Å². The van der Waals surface area contributed by atoms with Crippen molar-refractivity contribution in [3.05, 3.63) is 66.4 Å². The Kier molecular flexibility index (Phi) is 8.32. The summed E-state index contributed by atoms with van der Waals surface area (Å²) in [6.45, 7) is 7.03. The number of benzene rings is 1. The molecule has 0 spiro atoms. The third kappa shape index (κ3) is 6.02. The maximum atomic E-state index is 13.5. The van der Waals surface area contributed by atoms with Crippen molar-refractivity contribution < 1.29 is 18.0 Å². The molecule has 0 radical (unpaired) electrons. The van der Waals surface area contributed by atoms with E-state index in [0.29, 0.717) is 31.8 Å². The van der Waals surface area contributed by atoms with E-state index in [9.17, 15) is 8.96 Å². The molecule has 1 N–H and O–H groups in total. The Morgan fingerprint density at radius 3 is 2.29 bits per heavy atom. The van der Waals surface area contributed by atoms with Gasteiger partial charge < -0.3 is 18.9 Å². The van der Waals surface area contributed by atoms with Crippen molar-refractivity contribution in [3.63, 3.8) is 0 Å². The zero-order valence-electron chi connectivity index (χ0n) is 19.9. The van der Waals surface area contributed by atoms with Crippen LogP contribution < -0.4 is 0 Å². The van der Waals surface area contributed by atoms with Crippen molar-refractivity contribution in [1.82, 2.24) is 14.9 Å². The van der Waals surface area contributed by atoms with Crippen LogP contribution in [0.5, 0.6) is 0 Å². The van der Waals surface area contributed by atoms with Gasteiger partial charge in [-0.15, -0.1) is 0 Å². The number of nitrogens with one attached hydrogen (secondary N) is 1. The second-order valence-corrected chi connectivity index (χ2v) is 10.7. The molecule has 0 amide bonds. The molecule has 182 valence electrons. The van der Waals surface area contributed by atoms with Crippen LogP contribution in [0.25, 0.3) is 22.4 Å². The van der Waals surface area contributed by atoms with Crippen molar-refractivity contribution in [2.45, 2.75) is 32.6 Å². The monoisotopic (exact) mass is 485 g/mol. The fourth-order valence-electron chi connectivity index (χ4n) is 4.59. The third-order valence-electron chi connectivity index (χ3n) is 6.33. The van der Waals surface area contributed by atoms with Gasteiger partial charge in [0.05, 0.1) is 25.1 Å². The lowest BCUT2D eigenvalue weighted by Gasteiger charge is -2.32. The molecular weight excluding hydrogens is 452 g/mol. The van der Waals surface area contributed by atoms with E-state index >= 15 is 0 Å². The zero-order chi connectivity index (χ0) is 24.0. The van der Waals surface area contributed by atoms with Crippen LogP contribution in [0.2, 0.25) is 0 Å². The average Bonchev–Trinajstić information content (AvgIpc) is 3.30. The summed E-state index contributed by atoms with van der Waals surface area (Å²) >= 11 is 0. The first-order valence-electron chi connectivity index (χ1n) is 12.0. The number of aromatic amines is 1. The highest BCUT2D eigenvalue weighted by Gasteiger charge is 2.28. The van der Waals surface area contributed by atoms with Crippen molar-refractivity contribution >= 4 is 7.60 Å². The predicted molar refractivity (Wildman–Crippen MR) is 134 cm³/mol. The molecule has 3 heterocycles. The highest BCUT2D eigenvalue weighted by atomic mass is 31.2. The Labute approximate surface area is 201 Å². The summed E-state index contributed by atoms with van der Waals surface area (Å²) in [4.78, 5) is 10.1. The molecular formula is C26H33FN3O3P. The van der Waals surface area contributed by atoms with Gasteiger partial charge in [0, 0.05) is 36.1 Å². The quantitative estimate of drug-likeness (QED) is 0.340. The first kappa shape index (κ1) is 24.8. The SMILES string of the molecule is CCOP(=O)(CCN1CCC(c2cc(-c3ccncc3)c(-c3ccc(F)cc3)[nH]2)CC1)OCC. The minimum absolute atomic E-state index is 0.244. The largest absolute Gasteiger partial charge is 0.358 e. The molecule has 8 heteroatoms. The molecule has 2 aromatic heterocycles. The number of aromatic nitrogens is 2. The molecule has 1 aromatic carbocycles. The predicted octanol–water partition coefficient (Wildman–Crippen LogP) is 6.33. The summed E-state index contributed by atoms with van der Waals surface area (Å²) in [6.07, 6.45) is 6.01. The van der Waals surface area contributed by atoms with E-state index in [2.05, 4.69) is 20.9 Å². The summed E-state index contributed by atoms with van der Waals surface area (Å²) in [5.41, 5.74) is 5.33. The number of nitrogens with zero attached hydrogens (tertiary/aromatic N) is 2. The smallest absolute Gasteiger partial charge is 0.331 e. The molecule has 0 unspecified atom stereocenters. The minimum atomic E-state index is -3.01. The summed E-state index contributed by atoms with van der Waals surface area (Å²) in [5, 5.41) is 0. The summed E-state index contributed by atoms with van der Waals surface area (Å²) in [6, 6.07) is 12.8. The lowest BCUT2D eigenvalue weighted by molar-refractivity contribution is 0.197. The van der Waals surface area contributed by atoms with Gasteiger partial charge in [-0.2, -0.15) is 0 Å². The van der Waals surface area contributed by atoms with Crippen LogP contribution in [0, 0.1) is 5.82 Å². The molecule has 0 aliphatic carbocycles. The zero-order valence-corrected chi connectivity index (χ0v) is 20.8. The standard InChI is InChI=1S/C26H33FN3O3P/c1-3-32-34(31,33-4-2)18-17-30-15-11-21(12-16-30)25-19-24(20-9-13-28-14-10-20)26(29-25)22-5-7-23(27)8-6-22/h5-10,13-14,19,21,29H,3-4,11-12,15-18H2,1-2H3. The number of halogens is 1. The second-order valence-electron chi connectivity index (χ2n) is 8.54. The lowest BCUT2D eigenvalue weighted by Crippen LogP contribution is -2.35. The van der Waals surface area contributed by atoms with E-state index in [0.717, 1.165) is 48.3 Å². The van der Waals surface area contributed by atoms with Crippen molar-refractivity contribution in [1.29, 1.82) is 0 Å². The van der Waals surface area contributed by atoms with Crippen LogP contribution >= 0.6 is 7.60 Å². The Morgan fingerprint density at radius 1 is 1.03 bits per heavy atom. The van der Waals surface area contributed by atoms with Gasteiger partial charge in [0.15, 0.2) is 0 Å². The minimum Gasteiger partial charge on any atom is -0.358 e. The number of hydrogen-bond acceptors (Lipinski definition) is 5. The fraction of sp³-hybridized carbons (Fsp3) is 0.423. The van der Waals surface area contributed by atoms with Crippen molar-refractivity contribution in [2.75, 3.05) is 39.0 Å². The van der Waals surface area contributed by atoms with Crippen molar-refractivity contribution in [2.24, 2.45) is 0 Å². The summed E-state index contributed by atoms with van der Waals surface area (Å²) in [5.74, 6) is 0.156. The van der Waals surface area contributed by atoms with E-state index in [-0.39, 0.29) is 5.82 Å². The van der Waals surface area contributed by atoms with Crippen LogP contribution in [-0.4, -0.2) is 53.9 Å². The fourth-order valence-corrected chi connectivity index (χ4v) is 6.24. The van der Waals surface area contributed by atoms with Gasteiger partial charge in [-0.05, 0) is 93.4 Å². The van der Waals surface area contributed by atoms with Crippen LogP contribution in [0.4, 0.5) is 4.39 Å². The highest BCUT2D eigenvalue weighted by Crippen LogP contribution is 2.48. The van der Waals surface area contributed by atoms with E-state index < -0.39 is 7.60 Å². The normalized spacial score (nSPS) is 15.6. The molecule has 0 saturated carbocycles. The number of hydrogen-bond donors (Lipinski definition) is 1. The molecule has 0 bridgehead atoms. The first-order chi connectivity index (χ1) is 16.5. The molecule has 1 aliphatic rings. The number of pyridine rings is 1. The molecule has 0 atom stereocenters. The summed E-state index contributed by atoms with van der Waals surface area (Å²) in [7, 11) is -3.01. The molecule has 1 saturated heterocycles. The lowest BCUT2D eigenvalue weighted by atomic mass is 9.93. The average molecular weight is 486 g/mol. The summed E-state index contributed by atoms with van der Waals surface area (Å²) < 4.78 is 37.2. The van der Waals surface area contributed by atoms with Crippen LogP contribution in [0.3, 0.4) is 0 Å². The first-order valence-corrected chi connectivity index (χ1v) is 13.7. The van der Waals surface area contributed by atoms with Gasteiger partial charge in [-0.3, -0.25) is 9.55 Å². The van der Waals surface area contributed by atoms with Crippen LogP contribution in [0.1, 0.15) is 38.3 Å². The number of H-pyrrole nitrogens is 1. The molecule has 3 aromatic rings. The van der Waals surface area contributed by atoms with E-state index in [4.69, 9.17) is 9.05 Å². The third-order valence-corrected chi connectivity index (χ3v) is 8.38. The van der Waals surface area contributed by atoms with Gasteiger partial charge >= 0.3 is 7.60 Å². The maximum Gasteiger partial charge on any atom is 0.331 e. The number of rotatable bonds is 10.